The number of rotatable bonds is 6. The molecule has 0 spiro atoms. The Hall–Kier alpha value is -2.69. The first-order valence-corrected chi connectivity index (χ1v) is 7.40. The molecule has 5 nitrogen and oxygen atoms in total. The van der Waals surface area contributed by atoms with E-state index in [0.717, 1.165) is 5.56 Å². The molecule has 0 radical (unpaired) electrons. The van der Waals surface area contributed by atoms with Gasteiger partial charge in [0.1, 0.15) is 0 Å². The second-order valence-corrected chi connectivity index (χ2v) is 5.39. The Morgan fingerprint density at radius 2 is 1.87 bits per heavy atom. The van der Waals surface area contributed by atoms with Gasteiger partial charge in [-0.2, -0.15) is 0 Å². The zero-order chi connectivity index (χ0) is 16.8. The van der Waals surface area contributed by atoms with Crippen molar-refractivity contribution < 1.29 is 14.3 Å². The summed E-state index contributed by atoms with van der Waals surface area (Å²) in [6.45, 7) is 1.96. The van der Waals surface area contributed by atoms with Gasteiger partial charge in [-0.05, 0) is 49.2 Å². The molecule has 0 aliphatic heterocycles. The summed E-state index contributed by atoms with van der Waals surface area (Å²) < 4.78 is 10.5. The number of hydrogen-bond acceptors (Lipinski definition) is 4. The zero-order valence-corrected chi connectivity index (χ0v) is 13.6. The van der Waals surface area contributed by atoms with Crippen molar-refractivity contribution in [1.82, 2.24) is 5.32 Å². The number of methoxy groups -OCH3 is 2. The van der Waals surface area contributed by atoms with Crippen molar-refractivity contribution in [2.45, 2.75) is 19.4 Å². The van der Waals surface area contributed by atoms with Crippen LogP contribution >= 0.6 is 0 Å². The Morgan fingerprint density at radius 3 is 2.52 bits per heavy atom. The number of anilines is 1. The van der Waals surface area contributed by atoms with Crippen molar-refractivity contribution in [2.24, 2.45) is 0 Å². The average molecular weight is 314 g/mol. The van der Waals surface area contributed by atoms with Crippen LogP contribution in [0.1, 0.15) is 22.8 Å². The van der Waals surface area contributed by atoms with Crippen LogP contribution in [0.15, 0.2) is 42.5 Å². The summed E-state index contributed by atoms with van der Waals surface area (Å²) in [6, 6.07) is 12.6. The van der Waals surface area contributed by atoms with Gasteiger partial charge >= 0.3 is 0 Å². The number of carbonyl (C=O) groups excluding carboxylic acids is 1. The minimum atomic E-state index is -0.134. The maximum absolute atomic E-state index is 12.2. The second-order valence-electron chi connectivity index (χ2n) is 5.39. The highest BCUT2D eigenvalue weighted by molar-refractivity contribution is 5.95. The largest absolute Gasteiger partial charge is 0.493 e. The Bertz CT molecular complexity index is 686. The molecule has 1 atom stereocenters. The Kier molecular flexibility index (Phi) is 5.46. The van der Waals surface area contributed by atoms with Crippen LogP contribution in [-0.2, 0) is 6.42 Å². The molecule has 0 fully saturated rings. The molecular formula is C18H22N2O3. The lowest BCUT2D eigenvalue weighted by molar-refractivity contribution is 0.0940. The van der Waals surface area contributed by atoms with E-state index < -0.39 is 0 Å². The SMILES string of the molecule is COc1ccc(CC(C)NC(=O)c2cccc(N)c2)cc1OC. The van der Waals surface area contributed by atoms with Crippen LogP contribution in [0.5, 0.6) is 11.5 Å². The van der Waals surface area contributed by atoms with Crippen molar-refractivity contribution in [2.75, 3.05) is 20.0 Å². The van der Waals surface area contributed by atoms with Gasteiger partial charge in [0.25, 0.3) is 5.91 Å². The van der Waals surface area contributed by atoms with E-state index in [0.29, 0.717) is 29.2 Å². The van der Waals surface area contributed by atoms with Crippen molar-refractivity contribution >= 4 is 11.6 Å². The summed E-state index contributed by atoms with van der Waals surface area (Å²) in [4.78, 5) is 12.2. The first-order valence-electron chi connectivity index (χ1n) is 7.40. The molecule has 0 aliphatic carbocycles. The topological polar surface area (TPSA) is 73.6 Å². The number of nitrogens with two attached hydrogens (primary N) is 1. The monoisotopic (exact) mass is 314 g/mol. The van der Waals surface area contributed by atoms with Gasteiger partial charge in [0.05, 0.1) is 14.2 Å². The molecule has 0 heterocycles. The van der Waals surface area contributed by atoms with E-state index >= 15 is 0 Å². The number of nitrogen functional groups attached to an aromatic ring is 1. The number of benzene rings is 2. The predicted molar refractivity (Wildman–Crippen MR) is 91.0 cm³/mol. The van der Waals surface area contributed by atoms with Crippen molar-refractivity contribution in [1.29, 1.82) is 0 Å². The van der Waals surface area contributed by atoms with Gasteiger partial charge in [-0.1, -0.05) is 12.1 Å². The minimum absolute atomic E-state index is 0.0259. The van der Waals surface area contributed by atoms with E-state index in [1.54, 1.807) is 38.5 Å². The molecule has 1 unspecified atom stereocenters. The summed E-state index contributed by atoms with van der Waals surface area (Å²) in [5.74, 6) is 1.23. The third-order valence-electron chi connectivity index (χ3n) is 3.52. The Morgan fingerprint density at radius 1 is 1.13 bits per heavy atom. The molecule has 2 aromatic rings. The third-order valence-corrected chi connectivity index (χ3v) is 3.52. The second kappa shape index (κ2) is 7.54. The normalized spacial score (nSPS) is 11.6. The molecular weight excluding hydrogens is 292 g/mol. The molecule has 23 heavy (non-hydrogen) atoms. The molecule has 0 aromatic heterocycles. The summed E-state index contributed by atoms with van der Waals surface area (Å²) in [6.07, 6.45) is 0.689. The third kappa shape index (κ3) is 4.39. The number of nitrogens with one attached hydrogen (secondary N) is 1. The maximum Gasteiger partial charge on any atom is 0.251 e. The first kappa shape index (κ1) is 16.7. The fraction of sp³-hybridized carbons (Fsp3) is 0.278. The van der Waals surface area contributed by atoms with Gasteiger partial charge in [0.2, 0.25) is 0 Å². The molecule has 3 N–H and O–H groups in total. The fourth-order valence-corrected chi connectivity index (χ4v) is 2.40. The van der Waals surface area contributed by atoms with Gasteiger partial charge in [-0.3, -0.25) is 4.79 Å². The Labute approximate surface area is 136 Å². The standard InChI is InChI=1S/C18H22N2O3/c1-12(20-18(21)14-5-4-6-15(19)11-14)9-13-7-8-16(22-2)17(10-13)23-3/h4-8,10-12H,9,19H2,1-3H3,(H,20,21). The highest BCUT2D eigenvalue weighted by Gasteiger charge is 2.12. The lowest BCUT2D eigenvalue weighted by Crippen LogP contribution is -2.34. The molecule has 0 saturated heterocycles. The summed E-state index contributed by atoms with van der Waals surface area (Å²) in [5, 5.41) is 2.97. The van der Waals surface area contributed by atoms with Crippen molar-refractivity contribution in [3.05, 3.63) is 53.6 Å². The van der Waals surface area contributed by atoms with Gasteiger partial charge in [-0.15, -0.1) is 0 Å². The number of ether oxygens (including phenoxy) is 2. The van der Waals surface area contributed by atoms with Gasteiger partial charge in [0.15, 0.2) is 11.5 Å². The van der Waals surface area contributed by atoms with Gasteiger partial charge in [-0.25, -0.2) is 0 Å². The summed E-state index contributed by atoms with van der Waals surface area (Å²) in [5.41, 5.74) is 7.90. The molecule has 0 aliphatic rings. The van der Waals surface area contributed by atoms with Crippen LogP contribution in [0.4, 0.5) is 5.69 Å². The molecule has 0 bridgehead atoms. The van der Waals surface area contributed by atoms with Crippen molar-refractivity contribution in [3.8, 4) is 11.5 Å². The molecule has 5 heteroatoms. The van der Waals surface area contributed by atoms with E-state index in [2.05, 4.69) is 5.32 Å². The van der Waals surface area contributed by atoms with Crippen LogP contribution in [-0.4, -0.2) is 26.2 Å². The quantitative estimate of drug-likeness (QED) is 0.804. The van der Waals surface area contributed by atoms with Crippen LogP contribution in [0.3, 0.4) is 0 Å². The Balaban J connectivity index is 2.02. The lowest BCUT2D eigenvalue weighted by atomic mass is 10.1. The zero-order valence-electron chi connectivity index (χ0n) is 13.6. The molecule has 2 aromatic carbocycles. The summed E-state index contributed by atoms with van der Waals surface area (Å²) >= 11 is 0. The number of carbonyl (C=O) groups is 1. The molecule has 1 amide bonds. The van der Waals surface area contributed by atoms with Gasteiger partial charge in [0, 0.05) is 17.3 Å². The van der Waals surface area contributed by atoms with E-state index in [1.165, 1.54) is 0 Å². The van der Waals surface area contributed by atoms with E-state index in [9.17, 15) is 4.79 Å². The van der Waals surface area contributed by atoms with Crippen molar-refractivity contribution in [3.63, 3.8) is 0 Å². The average Bonchev–Trinajstić information content (AvgIpc) is 2.54. The van der Waals surface area contributed by atoms with Crippen LogP contribution in [0, 0.1) is 0 Å². The predicted octanol–water partition coefficient (Wildman–Crippen LogP) is 2.65. The minimum Gasteiger partial charge on any atom is -0.493 e. The highest BCUT2D eigenvalue weighted by Crippen LogP contribution is 2.27. The highest BCUT2D eigenvalue weighted by atomic mass is 16.5. The fourth-order valence-electron chi connectivity index (χ4n) is 2.40. The van der Waals surface area contributed by atoms with E-state index in [4.69, 9.17) is 15.2 Å². The molecule has 2 rings (SSSR count). The van der Waals surface area contributed by atoms with Crippen LogP contribution in [0.25, 0.3) is 0 Å². The first-order chi connectivity index (χ1) is 11.0. The summed E-state index contributed by atoms with van der Waals surface area (Å²) in [7, 11) is 3.21. The van der Waals surface area contributed by atoms with E-state index in [-0.39, 0.29) is 11.9 Å². The number of hydrogen-bond donors (Lipinski definition) is 2. The smallest absolute Gasteiger partial charge is 0.251 e. The molecule has 122 valence electrons. The van der Waals surface area contributed by atoms with E-state index in [1.807, 2.05) is 25.1 Å². The molecule has 0 saturated carbocycles. The van der Waals surface area contributed by atoms with Crippen LogP contribution < -0.4 is 20.5 Å². The maximum atomic E-state index is 12.2. The lowest BCUT2D eigenvalue weighted by Gasteiger charge is -2.15. The van der Waals surface area contributed by atoms with Gasteiger partial charge < -0.3 is 20.5 Å². The number of amides is 1. The van der Waals surface area contributed by atoms with Crippen LogP contribution in [0.2, 0.25) is 0 Å².